The molecule has 1 unspecified atom stereocenters. The third-order valence-electron chi connectivity index (χ3n) is 11.8. The van der Waals surface area contributed by atoms with Gasteiger partial charge in [-0.1, -0.05) is 153 Å². The maximum absolute atomic E-state index is 15.8. The summed E-state index contributed by atoms with van der Waals surface area (Å²) in [5, 5.41) is 7.51. The number of para-hydroxylation sites is 1. The molecule has 2 aliphatic rings. The molecule has 2 nitrogen and oxygen atoms in total. The van der Waals surface area contributed by atoms with Gasteiger partial charge in [0.25, 0.3) is 0 Å². The fourth-order valence-electron chi connectivity index (χ4n) is 9.38. The van der Waals surface area contributed by atoms with Crippen LogP contribution < -0.4 is 15.9 Å². The molecule has 0 saturated heterocycles. The topological polar surface area (TPSA) is 22.0 Å². The highest BCUT2D eigenvalue weighted by Gasteiger charge is 2.42. The van der Waals surface area contributed by atoms with E-state index in [2.05, 4.69) is 152 Å². The van der Waals surface area contributed by atoms with E-state index >= 15 is 4.57 Å². The summed E-state index contributed by atoms with van der Waals surface area (Å²) in [7, 11) is -3.16. The van der Waals surface area contributed by atoms with E-state index in [1.54, 1.807) is 0 Å². The summed E-state index contributed by atoms with van der Waals surface area (Å²) in [6, 6.07) is 60.7. The van der Waals surface area contributed by atoms with Crippen LogP contribution in [0.25, 0.3) is 71.6 Å². The number of hydrogen-bond donors (Lipinski definition) is 0. The maximum atomic E-state index is 15.8. The summed E-state index contributed by atoms with van der Waals surface area (Å²) < 4.78 is 18.2. The van der Waals surface area contributed by atoms with Crippen molar-refractivity contribution in [1.29, 1.82) is 0 Å². The normalized spacial score (nSPS) is 16.6. The molecule has 1 aromatic heterocycles. The quantitative estimate of drug-likeness (QED) is 0.170. The van der Waals surface area contributed by atoms with Crippen LogP contribution in [0.15, 0.2) is 170 Å². The Kier molecular flexibility index (Phi) is 6.03. The molecule has 9 aromatic rings. The molecule has 246 valence electrons. The number of hydrogen-bond acceptors (Lipinski definition) is 1. The lowest BCUT2D eigenvalue weighted by Crippen LogP contribution is -2.21. The molecule has 0 N–H and O–H groups in total. The van der Waals surface area contributed by atoms with Crippen LogP contribution >= 0.6 is 7.14 Å². The fourth-order valence-corrected chi connectivity index (χ4v) is 12.7. The molecule has 1 aliphatic heterocycles. The monoisotopic (exact) mass is 683 g/mol. The van der Waals surface area contributed by atoms with Gasteiger partial charge in [-0.2, -0.15) is 0 Å². The molecular weight excluding hydrogens is 650 g/mol. The van der Waals surface area contributed by atoms with Gasteiger partial charge in [0.15, 0.2) is 7.14 Å². The average Bonchev–Trinajstić information content (AvgIpc) is 3.75. The summed E-state index contributed by atoms with van der Waals surface area (Å²) in [5.41, 5.74) is 13.0. The molecule has 52 heavy (non-hydrogen) atoms. The van der Waals surface area contributed by atoms with Crippen molar-refractivity contribution in [2.45, 2.75) is 19.3 Å². The number of aromatic nitrogens is 1. The molecule has 0 amide bonds. The van der Waals surface area contributed by atoms with Crippen molar-refractivity contribution in [2.24, 2.45) is 0 Å². The van der Waals surface area contributed by atoms with Crippen LogP contribution in [0.1, 0.15) is 25.0 Å². The highest BCUT2D eigenvalue weighted by atomic mass is 31.2. The second kappa shape index (κ2) is 10.5. The van der Waals surface area contributed by atoms with E-state index in [4.69, 9.17) is 0 Å². The van der Waals surface area contributed by atoms with Crippen molar-refractivity contribution in [3.63, 3.8) is 0 Å². The van der Waals surface area contributed by atoms with Crippen molar-refractivity contribution >= 4 is 55.6 Å². The first kappa shape index (κ1) is 29.7. The highest BCUT2D eigenvalue weighted by molar-refractivity contribution is 7.86. The lowest BCUT2D eigenvalue weighted by Gasteiger charge is -2.23. The predicted octanol–water partition coefficient (Wildman–Crippen LogP) is 11.5. The zero-order valence-electron chi connectivity index (χ0n) is 29.0. The Morgan fingerprint density at radius 1 is 0.500 bits per heavy atom. The highest BCUT2D eigenvalue weighted by Crippen LogP contribution is 2.56. The Morgan fingerprint density at radius 3 is 2.02 bits per heavy atom. The van der Waals surface area contributed by atoms with Gasteiger partial charge in [0.05, 0.1) is 11.0 Å². The predicted molar refractivity (Wildman–Crippen MR) is 220 cm³/mol. The van der Waals surface area contributed by atoms with Crippen LogP contribution in [0.4, 0.5) is 0 Å². The van der Waals surface area contributed by atoms with Crippen LogP contribution in [0.3, 0.4) is 0 Å². The Hall–Kier alpha value is -5.95. The van der Waals surface area contributed by atoms with Crippen molar-refractivity contribution in [2.75, 3.05) is 0 Å². The first-order valence-corrected chi connectivity index (χ1v) is 19.8. The zero-order chi connectivity index (χ0) is 34.8. The summed E-state index contributed by atoms with van der Waals surface area (Å²) in [6.45, 7) is 4.72. The summed E-state index contributed by atoms with van der Waals surface area (Å²) in [4.78, 5) is 0. The third kappa shape index (κ3) is 3.83. The van der Waals surface area contributed by atoms with Crippen molar-refractivity contribution < 1.29 is 4.57 Å². The minimum absolute atomic E-state index is 0.202. The first-order chi connectivity index (χ1) is 25.4. The minimum atomic E-state index is -3.16. The van der Waals surface area contributed by atoms with E-state index in [-0.39, 0.29) is 5.41 Å². The van der Waals surface area contributed by atoms with E-state index < -0.39 is 7.14 Å². The van der Waals surface area contributed by atoms with Gasteiger partial charge in [-0.3, -0.25) is 0 Å². The van der Waals surface area contributed by atoms with Gasteiger partial charge < -0.3 is 9.13 Å². The number of nitrogens with zero attached hydrogens (tertiary/aromatic N) is 1. The van der Waals surface area contributed by atoms with Gasteiger partial charge in [0, 0.05) is 37.8 Å². The van der Waals surface area contributed by atoms with E-state index in [0.29, 0.717) is 0 Å². The molecule has 1 aliphatic carbocycles. The summed E-state index contributed by atoms with van der Waals surface area (Å²) >= 11 is 0. The van der Waals surface area contributed by atoms with E-state index in [1.807, 2.05) is 36.4 Å². The van der Waals surface area contributed by atoms with Crippen LogP contribution in [-0.4, -0.2) is 4.57 Å². The van der Waals surface area contributed by atoms with Gasteiger partial charge in [-0.15, -0.1) is 0 Å². The van der Waals surface area contributed by atoms with Gasteiger partial charge in [0.1, 0.15) is 0 Å². The molecule has 3 heteroatoms. The molecule has 2 heterocycles. The van der Waals surface area contributed by atoms with Gasteiger partial charge in [-0.05, 0) is 85.6 Å². The Morgan fingerprint density at radius 2 is 1.15 bits per heavy atom. The van der Waals surface area contributed by atoms with Crippen LogP contribution in [0, 0.1) is 0 Å². The van der Waals surface area contributed by atoms with Gasteiger partial charge in [0.2, 0.25) is 0 Å². The number of rotatable bonds is 3. The molecular formula is C49H34NOP. The molecule has 0 saturated carbocycles. The smallest absolute Gasteiger partial charge is 0.172 e. The van der Waals surface area contributed by atoms with Crippen molar-refractivity contribution in [3.05, 3.63) is 181 Å². The minimum Gasteiger partial charge on any atom is -0.309 e. The molecule has 0 bridgehead atoms. The maximum Gasteiger partial charge on any atom is 0.172 e. The Bertz CT molecular complexity index is 3020. The van der Waals surface area contributed by atoms with Crippen LogP contribution in [0.2, 0.25) is 0 Å². The van der Waals surface area contributed by atoms with Gasteiger partial charge in [-0.25, -0.2) is 0 Å². The van der Waals surface area contributed by atoms with E-state index in [1.165, 1.54) is 44.2 Å². The molecule has 0 radical (unpaired) electrons. The van der Waals surface area contributed by atoms with E-state index in [0.717, 1.165) is 54.5 Å². The second-order valence-electron chi connectivity index (χ2n) is 14.8. The first-order valence-electron chi connectivity index (χ1n) is 18.0. The molecule has 0 fully saturated rings. The lowest BCUT2D eigenvalue weighted by molar-refractivity contribution is 0.593. The zero-order valence-corrected chi connectivity index (χ0v) is 29.9. The Labute approximate surface area is 303 Å². The molecule has 11 rings (SSSR count). The standard InChI is InChI=1S/C49H34NOP/c1-49(2)42-29-32(36-20-12-14-31-13-6-7-17-35(31)36)23-25-37(42)38-26-24-33(30-43(38)49)50-44-21-10-8-19-41(44)47-45(50)28-27-40-39-18-9-11-22-46(39)52(51,48(40)47)34-15-4-3-5-16-34/h3-30H,1-2H3. The average molecular weight is 684 g/mol. The van der Waals surface area contributed by atoms with Gasteiger partial charge >= 0.3 is 0 Å². The summed E-state index contributed by atoms with van der Waals surface area (Å²) in [5.74, 6) is 0. The molecule has 8 aromatic carbocycles. The summed E-state index contributed by atoms with van der Waals surface area (Å²) in [6.07, 6.45) is 0. The van der Waals surface area contributed by atoms with E-state index in [9.17, 15) is 0 Å². The SMILES string of the molecule is CC1(C)c2cc(-c3cccc4ccccc34)ccc2-c2ccc(-n3c4ccccc4c4c5c(ccc43)-c3ccccc3P5(=O)c3ccccc3)cc21. The van der Waals surface area contributed by atoms with Crippen LogP contribution in [-0.2, 0) is 9.98 Å². The number of benzene rings is 8. The van der Waals surface area contributed by atoms with Crippen molar-refractivity contribution in [1.82, 2.24) is 4.57 Å². The second-order valence-corrected chi connectivity index (χ2v) is 17.5. The molecule has 1 atom stereocenters. The Balaban J connectivity index is 1.12. The fraction of sp³-hybridized carbons (Fsp3) is 0.0612. The third-order valence-corrected chi connectivity index (χ3v) is 15.0. The lowest BCUT2D eigenvalue weighted by atomic mass is 9.81. The molecule has 0 spiro atoms. The van der Waals surface area contributed by atoms with Crippen LogP contribution in [0.5, 0.6) is 0 Å². The number of fused-ring (bicyclic) bond motifs is 11. The van der Waals surface area contributed by atoms with Crippen molar-refractivity contribution in [3.8, 4) is 39.1 Å². The largest absolute Gasteiger partial charge is 0.309 e.